The van der Waals surface area contributed by atoms with E-state index in [1.807, 2.05) is 27.7 Å². The molecule has 354 valence electrons. The van der Waals surface area contributed by atoms with Gasteiger partial charge in [0.15, 0.2) is 17.3 Å². The monoisotopic (exact) mass is 996 g/mol. The molecule has 4 rings (SSSR count). The molecule has 2 aromatic rings. The van der Waals surface area contributed by atoms with Crippen molar-refractivity contribution in [3.05, 3.63) is 76.0 Å². The van der Waals surface area contributed by atoms with Gasteiger partial charge in [0.25, 0.3) is 20.2 Å². The standard InChI is InChI=1S/C38H48N2O13S3.2O3S/c1-7-12-30(41)24-20-26(31(42)13-8-2)34-28(21-24)39(16-10-18-54(45,46)47)32(37(34,3)4)14-9-15-33-38(5,6)35-27(36(43)44)22-25(56(51,52)53)23-29(35)40(33)17-11-19-55(48,49)50;2*1-4(2)3/h9,14-15,20-23H,7-8,10-13,16-19H2,1-6H3,(H3-,43,44,45,46,47,48,49,50,51,52,53);;. The van der Waals surface area contributed by atoms with Crippen LogP contribution >= 0.6 is 0 Å². The SMILES string of the molecule is CCCC(=O)c1cc(C(=O)CCC)c2c(c1)[N+](CCCS(=O)(=O)[O-])=C(/C=C/C=C1/N(CCCS(=O)(=O)O)c3cc(S(=O)(=O)O)cc(C(=O)O)c3C1(C)C)C2(C)C.O=S(=O)=O.O=S(=O)=O. The number of rotatable bonds is 18. The zero-order chi connectivity index (χ0) is 49.3. The van der Waals surface area contributed by atoms with Gasteiger partial charge in [-0.2, -0.15) is 21.4 Å². The minimum atomic E-state index is -4.89. The van der Waals surface area contributed by atoms with Crippen LogP contribution in [0.2, 0.25) is 0 Å². The molecule has 2 aliphatic rings. The number of carboxylic acids is 1. The summed E-state index contributed by atoms with van der Waals surface area (Å²) in [6, 6.07) is 5.23. The second-order valence-electron chi connectivity index (χ2n) is 15.4. The van der Waals surface area contributed by atoms with E-state index in [4.69, 9.17) is 25.3 Å². The highest BCUT2D eigenvalue weighted by atomic mass is 32.2. The van der Waals surface area contributed by atoms with Crippen molar-refractivity contribution < 1.29 is 88.2 Å². The Morgan fingerprint density at radius 2 is 1.31 bits per heavy atom. The Kier molecular flexibility index (Phi) is 18.9. The molecule has 2 aliphatic heterocycles. The fourth-order valence-electron chi connectivity index (χ4n) is 7.70. The first kappa shape index (κ1) is 55.3. The van der Waals surface area contributed by atoms with Gasteiger partial charge in [-0.1, -0.05) is 33.8 Å². The van der Waals surface area contributed by atoms with Crippen molar-refractivity contribution >= 4 is 86.2 Å². The third-order valence-corrected chi connectivity index (χ3v) is 12.5. The van der Waals surface area contributed by atoms with Crippen LogP contribution in [-0.2, 0) is 62.4 Å². The van der Waals surface area contributed by atoms with Crippen LogP contribution in [-0.4, -0.2) is 122 Å². The molecular formula is C38H48N2O19S5. The van der Waals surface area contributed by atoms with Gasteiger partial charge in [-0.25, -0.2) is 13.2 Å². The number of allylic oxidation sites excluding steroid dienone is 4. The molecule has 0 saturated carbocycles. The molecule has 0 unspecified atom stereocenters. The van der Waals surface area contributed by atoms with Gasteiger partial charge in [0.05, 0.1) is 37.3 Å². The number of carbonyl (C=O) groups is 3. The molecule has 0 saturated heterocycles. The maximum absolute atomic E-state index is 13.7. The van der Waals surface area contributed by atoms with E-state index in [2.05, 4.69) is 0 Å². The summed E-state index contributed by atoms with van der Waals surface area (Å²) >= 11 is 0. The Labute approximate surface area is 374 Å². The fourth-order valence-corrected chi connectivity index (χ4v) is 9.21. The van der Waals surface area contributed by atoms with Crippen LogP contribution < -0.4 is 4.90 Å². The third kappa shape index (κ3) is 14.6. The second kappa shape index (κ2) is 21.9. The van der Waals surface area contributed by atoms with Crippen molar-refractivity contribution in [2.45, 2.75) is 95.8 Å². The lowest BCUT2D eigenvalue weighted by Crippen LogP contribution is -2.30. The van der Waals surface area contributed by atoms with Crippen LogP contribution in [0.15, 0.2) is 53.1 Å². The lowest BCUT2D eigenvalue weighted by molar-refractivity contribution is -0.437. The van der Waals surface area contributed by atoms with Gasteiger partial charge in [-0.15, -0.1) is 25.3 Å². The maximum atomic E-state index is 13.7. The van der Waals surface area contributed by atoms with E-state index in [0.29, 0.717) is 46.6 Å². The van der Waals surface area contributed by atoms with Gasteiger partial charge in [-0.05, 0) is 57.4 Å². The zero-order valence-corrected chi connectivity index (χ0v) is 39.5. The lowest BCUT2D eigenvalue weighted by Gasteiger charge is -2.27. The van der Waals surface area contributed by atoms with E-state index in [1.54, 1.807) is 48.8 Å². The van der Waals surface area contributed by atoms with E-state index in [1.165, 1.54) is 4.90 Å². The summed E-state index contributed by atoms with van der Waals surface area (Å²) in [5.74, 6) is -3.16. The molecule has 2 aromatic carbocycles. The summed E-state index contributed by atoms with van der Waals surface area (Å²) in [6.07, 6.45) is 6.27. The number of anilines is 1. The summed E-state index contributed by atoms with van der Waals surface area (Å²) in [5, 5.41) is 10.2. The van der Waals surface area contributed by atoms with Crippen LogP contribution in [0.5, 0.6) is 0 Å². The molecule has 0 fully saturated rings. The Balaban J connectivity index is 0.00000162. The third-order valence-electron chi connectivity index (χ3n) is 10.1. The van der Waals surface area contributed by atoms with Crippen LogP contribution in [0.1, 0.15) is 122 Å². The lowest BCUT2D eigenvalue weighted by atomic mass is 9.77. The Morgan fingerprint density at radius 1 is 0.766 bits per heavy atom. The fraction of sp³-hybridized carbons (Fsp3) is 0.474. The normalized spacial score (nSPS) is 15.8. The van der Waals surface area contributed by atoms with Gasteiger partial charge in [0, 0.05) is 77.2 Å². The first-order valence-electron chi connectivity index (χ1n) is 19.1. The Bertz CT molecular complexity index is 2820. The van der Waals surface area contributed by atoms with Crippen LogP contribution in [0, 0.1) is 0 Å². The number of benzene rings is 2. The number of hydrogen-bond donors (Lipinski definition) is 3. The zero-order valence-electron chi connectivity index (χ0n) is 35.4. The number of Topliss-reactive ketones (excluding diaryl/α,β-unsaturated/α-hetero) is 2. The van der Waals surface area contributed by atoms with Crippen LogP contribution in [0.4, 0.5) is 11.4 Å². The van der Waals surface area contributed by atoms with Gasteiger partial charge < -0.3 is 14.6 Å². The quantitative estimate of drug-likeness (QED) is 0.109. The predicted octanol–water partition coefficient (Wildman–Crippen LogP) is 3.42. The highest BCUT2D eigenvalue weighted by molar-refractivity contribution is 7.86. The minimum absolute atomic E-state index is 0.0278. The average molecular weight is 997 g/mol. The van der Waals surface area contributed by atoms with Gasteiger partial charge >= 0.3 is 27.2 Å². The van der Waals surface area contributed by atoms with Gasteiger partial charge in [-0.3, -0.25) is 18.7 Å². The summed E-state index contributed by atoms with van der Waals surface area (Å²) < 4.78 is 154. The van der Waals surface area contributed by atoms with Crippen molar-refractivity contribution in [3.8, 4) is 0 Å². The molecule has 0 bridgehead atoms. The number of fused-ring (bicyclic) bond motifs is 2. The summed E-state index contributed by atoms with van der Waals surface area (Å²) in [6.45, 7) is 10.7. The van der Waals surface area contributed by atoms with Gasteiger partial charge in [0.1, 0.15) is 6.54 Å². The second-order valence-corrected chi connectivity index (χ2v) is 20.8. The molecule has 0 radical (unpaired) electrons. The maximum Gasteiger partial charge on any atom is 0.425 e. The molecule has 21 nitrogen and oxygen atoms in total. The van der Waals surface area contributed by atoms with Crippen LogP contribution in [0.25, 0.3) is 0 Å². The van der Waals surface area contributed by atoms with E-state index >= 15 is 0 Å². The summed E-state index contributed by atoms with van der Waals surface area (Å²) in [5.41, 5.74) is 0.561. The van der Waals surface area contributed by atoms with Crippen molar-refractivity contribution in [2.75, 3.05) is 29.5 Å². The largest absolute Gasteiger partial charge is 0.748 e. The van der Waals surface area contributed by atoms with Crippen molar-refractivity contribution in [3.63, 3.8) is 0 Å². The van der Waals surface area contributed by atoms with Gasteiger partial charge in [0.2, 0.25) is 5.69 Å². The molecule has 64 heavy (non-hydrogen) atoms. The summed E-state index contributed by atoms with van der Waals surface area (Å²) in [7, 11) is -20.1. The molecule has 0 atom stereocenters. The number of carboxylic acid groups (broad SMARTS) is 1. The molecule has 0 amide bonds. The molecule has 0 aromatic heterocycles. The smallest absolute Gasteiger partial charge is 0.425 e. The number of nitrogens with zero attached hydrogens (tertiary/aromatic N) is 2. The number of aromatic carboxylic acids is 1. The van der Waals surface area contributed by atoms with E-state index in [9.17, 15) is 58.4 Å². The average Bonchev–Trinajstić information content (AvgIpc) is 3.47. The number of carbonyl (C=O) groups excluding carboxylic acids is 2. The Hall–Kier alpha value is -4.83. The van der Waals surface area contributed by atoms with Crippen molar-refractivity contribution in [1.82, 2.24) is 0 Å². The molecule has 26 heteroatoms. The molecule has 2 heterocycles. The first-order valence-corrected chi connectivity index (χ1v) is 25.7. The van der Waals surface area contributed by atoms with E-state index in [0.717, 1.165) is 12.1 Å². The molecule has 3 N–H and O–H groups in total. The van der Waals surface area contributed by atoms with E-state index < -0.39 is 90.3 Å². The topological polar surface area (TPSA) is 346 Å². The van der Waals surface area contributed by atoms with Crippen LogP contribution in [0.3, 0.4) is 0 Å². The highest BCUT2D eigenvalue weighted by Gasteiger charge is 2.48. The Morgan fingerprint density at radius 3 is 1.80 bits per heavy atom. The van der Waals surface area contributed by atoms with E-state index in [-0.39, 0.29) is 61.6 Å². The highest BCUT2D eigenvalue weighted by Crippen LogP contribution is 2.51. The number of ketones is 2. The molecular weight excluding hydrogens is 949 g/mol. The predicted molar refractivity (Wildman–Crippen MR) is 228 cm³/mol. The number of hydrogen-bond acceptors (Lipinski definition) is 17. The molecule has 0 spiro atoms. The van der Waals surface area contributed by atoms with Crippen molar-refractivity contribution in [2.24, 2.45) is 0 Å². The minimum Gasteiger partial charge on any atom is -0.748 e. The van der Waals surface area contributed by atoms with Crippen molar-refractivity contribution in [1.29, 1.82) is 0 Å². The summed E-state index contributed by atoms with van der Waals surface area (Å²) in [4.78, 5) is 40.2. The molecule has 0 aliphatic carbocycles. The first-order chi connectivity index (χ1) is 29.2.